The van der Waals surface area contributed by atoms with Gasteiger partial charge in [-0.15, -0.1) is 0 Å². The second-order valence-electron chi connectivity index (χ2n) is 24.3. The number of nitrogens with zero attached hydrogens (tertiary/aromatic N) is 3. The van der Waals surface area contributed by atoms with Gasteiger partial charge in [0.15, 0.2) is 5.96 Å². The second kappa shape index (κ2) is 44.2. The first kappa shape index (κ1) is 86.0. The third-order valence-corrected chi connectivity index (χ3v) is 19.5. The van der Waals surface area contributed by atoms with E-state index in [1.54, 1.807) is 0 Å². The van der Waals surface area contributed by atoms with E-state index in [9.17, 15) is 82.4 Å². The van der Waals surface area contributed by atoms with Crippen molar-refractivity contribution in [3.63, 3.8) is 0 Å². The van der Waals surface area contributed by atoms with E-state index in [2.05, 4.69) is 104 Å². The van der Waals surface area contributed by atoms with Gasteiger partial charge in [-0.2, -0.15) is 25.3 Å². The zero-order chi connectivity index (χ0) is 77.3. The molecule has 3 aromatic rings. The van der Waals surface area contributed by atoms with Gasteiger partial charge in [0.25, 0.3) is 0 Å². The van der Waals surface area contributed by atoms with E-state index in [1.807, 2.05) is 0 Å². The van der Waals surface area contributed by atoms with Crippen molar-refractivity contribution in [3.8, 4) is 11.5 Å². The fourth-order valence-electron chi connectivity index (χ4n) is 10.6. The van der Waals surface area contributed by atoms with Crippen molar-refractivity contribution in [3.05, 3.63) is 77.9 Å². The summed E-state index contributed by atoms with van der Waals surface area (Å²) >= 11 is 8.34. The SMILES string of the molecule is C[C@@H]1NC(=O)[C@@H]2CCCN2C(=O)[C@H](Cc2cnc[nH]2)NC(=O)C(CS)NC(=O)[C@@H](NC(=O)[C@H](CCCN=C(N)N)NC(=O)CN)CSSC[C@@H](C(=O)NCC(=O)N[C@@H](CCCCN)C(=O)N[C@@H](Cc2ccc(O)cc2)C(=O)N[C@@H](Cc2ccc(O)cc2)C(=O)N[C@@H](CO)C(=O)N[C@@H](CS)C(N)=O)NC1=O. The molecule has 2 aromatic carbocycles. The van der Waals surface area contributed by atoms with Crippen LogP contribution in [0.4, 0.5) is 0 Å². The number of H-pyrrole nitrogens is 1. The lowest BCUT2D eigenvalue weighted by Gasteiger charge is -2.30. The maximum Gasteiger partial charge on any atom is 0.246 e. The number of hydrogen-bond donors (Lipinski definition) is 23. The number of aliphatic hydroxyl groups excluding tert-OH is 1. The summed E-state index contributed by atoms with van der Waals surface area (Å²) in [5.41, 5.74) is 28.9. The average Bonchev–Trinajstić information content (AvgIpc) is 1.73. The van der Waals surface area contributed by atoms with Crippen LogP contribution in [0, 0.1) is 0 Å². The van der Waals surface area contributed by atoms with Gasteiger partial charge in [0, 0.05) is 67.3 Å². The molecular weight excluding hydrogens is 1450 g/mol. The van der Waals surface area contributed by atoms with Crippen LogP contribution in [0.2, 0.25) is 0 Å². The maximum atomic E-state index is 14.6. The number of phenolic OH excluding ortho intramolecular Hbond substituents is 2. The summed E-state index contributed by atoms with van der Waals surface area (Å²) in [6.45, 7) is -0.804. The minimum atomic E-state index is -1.70. The fourth-order valence-corrected chi connectivity index (χ4v) is 13.4. The maximum absolute atomic E-state index is 14.6. The van der Waals surface area contributed by atoms with E-state index in [0.717, 1.165) is 21.6 Å². The molecular formula is C63H93N21O17S4. The topological polar surface area (TPSA) is 618 Å². The lowest BCUT2D eigenvalue weighted by Crippen LogP contribution is -2.61. The van der Waals surface area contributed by atoms with E-state index in [0.29, 0.717) is 29.7 Å². The smallest absolute Gasteiger partial charge is 0.246 e. The van der Waals surface area contributed by atoms with E-state index in [1.165, 1.54) is 72.9 Å². The molecule has 2 aliphatic heterocycles. The van der Waals surface area contributed by atoms with Crippen molar-refractivity contribution < 1.29 is 82.4 Å². The predicted molar refractivity (Wildman–Crippen MR) is 391 cm³/mol. The number of phenols is 2. The number of nitrogens with two attached hydrogens (primary N) is 5. The Morgan fingerprint density at radius 1 is 0.657 bits per heavy atom. The number of imidazole rings is 1. The number of aliphatic imine (C=N–C) groups is 1. The molecule has 2 fully saturated rings. The van der Waals surface area contributed by atoms with Gasteiger partial charge >= 0.3 is 0 Å². The highest BCUT2D eigenvalue weighted by Gasteiger charge is 2.41. The molecule has 3 heterocycles. The van der Waals surface area contributed by atoms with Crippen LogP contribution >= 0.6 is 46.8 Å². The van der Waals surface area contributed by atoms with Crippen LogP contribution in [-0.4, -0.2) is 254 Å². The normalized spacial score (nSPS) is 19.9. The van der Waals surface area contributed by atoms with Crippen molar-refractivity contribution in [2.75, 3.05) is 62.3 Å². The average molecular weight is 1540 g/mol. The third kappa shape index (κ3) is 28.7. The molecule has 14 amide bonds. The summed E-state index contributed by atoms with van der Waals surface area (Å²) in [5, 5.41) is 60.7. The highest BCUT2D eigenvalue weighted by molar-refractivity contribution is 8.76. The standard InChI is InChI=1S/C63H93N21O17S4/c1-32-52(91)82-46(29-104-105-30-47(83-55(94)39(74-49(88)23-65)7-4-18-70-63(67)68)60(99)81-45(28-103)59(98)78-42(22-35-24-69-31-72-35)62(101)84-19-5-8-48(84)61(100)73-32)53(92)71-25-50(89)75-38(6-2-3-17-64)54(93)76-40(20-33-9-13-36(86)14-10-33)56(95)77-41(21-34-11-15-37(87)16-12-34)57(96)79-43(26-85)58(97)80-44(27-102)51(66)90/h9-16,24,31-32,38-48,85-87,102-103H,2-8,17-23,25-30,64-65H2,1H3,(H2,66,90)(H,69,72)(H,71,92)(H,73,100)(H,74,88)(H,75,89)(H,76,93)(H,77,95)(H,78,98)(H,79,96)(H,80,97)(H,81,99)(H,82,91)(H,83,94)(H4,67,68,70)/t32-,38-,39-,40-,41-,42-,43-,44-,45?,46-,47-,48-/m0/s1. The summed E-state index contributed by atoms with van der Waals surface area (Å²) < 4.78 is 0. The van der Waals surface area contributed by atoms with Crippen molar-refractivity contribution in [1.82, 2.24) is 78.7 Å². The van der Waals surface area contributed by atoms with Crippen LogP contribution in [0.25, 0.3) is 0 Å². The van der Waals surface area contributed by atoms with Crippen LogP contribution in [0.5, 0.6) is 11.5 Å². The molecule has 26 N–H and O–H groups in total. The summed E-state index contributed by atoms with van der Waals surface area (Å²) in [6, 6.07) is -6.42. The monoisotopic (exact) mass is 1540 g/mol. The van der Waals surface area contributed by atoms with Crippen molar-refractivity contribution in [1.29, 1.82) is 0 Å². The Bertz CT molecular complexity index is 3510. The molecule has 105 heavy (non-hydrogen) atoms. The highest BCUT2D eigenvalue weighted by Crippen LogP contribution is 2.25. The number of primary amides is 1. The number of amides is 14. The molecule has 1 unspecified atom stereocenters. The van der Waals surface area contributed by atoms with Gasteiger partial charge in [-0.1, -0.05) is 45.9 Å². The van der Waals surface area contributed by atoms with Crippen LogP contribution in [-0.2, 0) is 86.4 Å². The Morgan fingerprint density at radius 2 is 1.22 bits per heavy atom. The van der Waals surface area contributed by atoms with E-state index < -0.39 is 175 Å². The number of unbranched alkanes of at least 4 members (excludes halogenated alkanes) is 1. The van der Waals surface area contributed by atoms with Gasteiger partial charge in [-0.3, -0.25) is 72.1 Å². The lowest BCUT2D eigenvalue weighted by molar-refractivity contribution is -0.142. The molecule has 38 nitrogen and oxygen atoms in total. The molecule has 0 bridgehead atoms. The fraction of sp³-hybridized carbons (Fsp3) is 0.524. The number of hydrogen-bond acceptors (Lipinski definition) is 25. The molecule has 0 saturated carbocycles. The first-order chi connectivity index (χ1) is 50.1. The number of fused-ring (bicyclic) bond motifs is 1. The van der Waals surface area contributed by atoms with E-state index in [4.69, 9.17) is 28.7 Å². The molecule has 0 aliphatic carbocycles. The minimum absolute atomic E-state index is 0.0446. The molecule has 1 aromatic heterocycles. The molecule has 5 rings (SSSR count). The number of benzene rings is 2. The number of guanidine groups is 1. The van der Waals surface area contributed by atoms with Gasteiger partial charge < -0.3 is 118 Å². The molecule has 42 heteroatoms. The largest absolute Gasteiger partial charge is 0.508 e. The number of carbonyl (C=O) groups is 14. The highest BCUT2D eigenvalue weighted by atomic mass is 33.1. The molecule has 0 radical (unpaired) electrons. The van der Waals surface area contributed by atoms with Crippen molar-refractivity contribution in [2.24, 2.45) is 33.7 Å². The lowest BCUT2D eigenvalue weighted by atomic mass is 10.0. The number of aromatic amines is 1. The van der Waals surface area contributed by atoms with Crippen LogP contribution < -0.4 is 92.5 Å². The summed E-state index contributed by atoms with van der Waals surface area (Å²) in [7, 11) is 1.78. The summed E-state index contributed by atoms with van der Waals surface area (Å²) in [6.07, 6.45) is 3.03. The number of carbonyl (C=O) groups excluding carboxylic acids is 14. The Balaban J connectivity index is 1.43. The van der Waals surface area contributed by atoms with Gasteiger partial charge in [0.1, 0.15) is 84.0 Å². The predicted octanol–water partition coefficient (Wildman–Crippen LogP) is -7.82. The van der Waals surface area contributed by atoms with Gasteiger partial charge in [-0.05, 0) is 93.8 Å². The molecule has 0 spiro atoms. The van der Waals surface area contributed by atoms with Crippen molar-refractivity contribution >= 4 is 136 Å². The molecule has 12 atom stereocenters. The first-order valence-electron chi connectivity index (χ1n) is 33.3. The number of nitrogens with one attached hydrogen (secondary N) is 13. The molecule has 2 saturated heterocycles. The number of thiol groups is 2. The van der Waals surface area contributed by atoms with E-state index in [-0.39, 0.29) is 111 Å². The summed E-state index contributed by atoms with van der Waals surface area (Å²) in [5.74, 6) is -14.6. The molecule has 2 aliphatic rings. The van der Waals surface area contributed by atoms with Crippen molar-refractivity contribution in [2.45, 2.75) is 144 Å². The Morgan fingerprint density at radius 3 is 1.78 bits per heavy atom. The van der Waals surface area contributed by atoms with Gasteiger partial charge in [0.05, 0.1) is 26.0 Å². The van der Waals surface area contributed by atoms with Crippen LogP contribution in [0.3, 0.4) is 0 Å². The second-order valence-corrected chi connectivity index (χ2v) is 27.6. The Hall–Kier alpha value is -9.62. The quantitative estimate of drug-likeness (QED) is 0.00868. The van der Waals surface area contributed by atoms with E-state index >= 15 is 0 Å². The first-order valence-corrected chi connectivity index (χ1v) is 37.1. The zero-order valence-corrected chi connectivity index (χ0v) is 60.8. The third-order valence-electron chi connectivity index (χ3n) is 16.3. The Labute approximate surface area is 622 Å². The Kier molecular flexibility index (Phi) is 36.3. The number of aromatic hydroxyl groups is 2. The summed E-state index contributed by atoms with van der Waals surface area (Å²) in [4.78, 5) is 207. The van der Waals surface area contributed by atoms with Gasteiger partial charge in [-0.25, -0.2) is 4.98 Å². The van der Waals surface area contributed by atoms with Gasteiger partial charge in [0.2, 0.25) is 82.7 Å². The van der Waals surface area contributed by atoms with Crippen LogP contribution in [0.15, 0.2) is 66.0 Å². The molecule has 576 valence electrons. The number of rotatable bonds is 34. The van der Waals surface area contributed by atoms with Crippen LogP contribution in [0.1, 0.15) is 68.7 Å². The number of aliphatic hydroxyl groups is 1. The zero-order valence-electron chi connectivity index (χ0n) is 57.3. The minimum Gasteiger partial charge on any atom is -0.508 e. The number of aromatic nitrogens is 2.